The average molecular weight is 368 g/mol. The Morgan fingerprint density at radius 1 is 1.24 bits per heavy atom. The molecule has 3 nitrogen and oxygen atoms in total. The highest BCUT2D eigenvalue weighted by Crippen LogP contribution is 2.33. The summed E-state index contributed by atoms with van der Waals surface area (Å²) in [6, 6.07) is 13.5. The van der Waals surface area contributed by atoms with Gasteiger partial charge in [0.2, 0.25) is 0 Å². The lowest BCUT2D eigenvalue weighted by Crippen LogP contribution is -2.29. The highest BCUT2D eigenvalue weighted by Gasteiger charge is 2.24. The summed E-state index contributed by atoms with van der Waals surface area (Å²) < 4.78 is 6.80. The monoisotopic (exact) mass is 366 g/mol. The van der Waals surface area contributed by atoms with E-state index in [1.165, 1.54) is 0 Å². The van der Waals surface area contributed by atoms with E-state index < -0.39 is 0 Å². The topological polar surface area (TPSA) is 47.3 Å². The van der Waals surface area contributed by atoms with Gasteiger partial charge in [-0.25, -0.2) is 5.43 Å². The number of rotatable bonds is 5. The molecule has 3 rings (SSSR count). The lowest BCUT2D eigenvalue weighted by molar-refractivity contribution is 0.302. The van der Waals surface area contributed by atoms with Crippen LogP contribution in [0, 0.1) is 0 Å². The zero-order valence-electron chi connectivity index (χ0n) is 11.4. The number of halogens is 2. The second-order valence-corrected chi connectivity index (χ2v) is 6.48. The van der Waals surface area contributed by atoms with Crippen LogP contribution in [0.15, 0.2) is 46.9 Å². The molecule has 21 heavy (non-hydrogen) atoms. The van der Waals surface area contributed by atoms with Crippen molar-refractivity contribution >= 4 is 27.5 Å². The Kier molecular flexibility index (Phi) is 4.50. The molecule has 0 saturated heterocycles. The number of hydrazine groups is 1. The third-order valence-electron chi connectivity index (χ3n) is 3.45. The minimum Gasteiger partial charge on any atom is -0.490 e. The molecule has 0 amide bonds. The fourth-order valence-electron chi connectivity index (χ4n) is 2.25. The van der Waals surface area contributed by atoms with Crippen LogP contribution in [-0.4, -0.2) is 6.10 Å². The third-order valence-corrected chi connectivity index (χ3v) is 4.29. The van der Waals surface area contributed by atoms with Crippen molar-refractivity contribution in [3.05, 3.63) is 63.1 Å². The Morgan fingerprint density at radius 3 is 2.76 bits per heavy atom. The van der Waals surface area contributed by atoms with Gasteiger partial charge in [-0.1, -0.05) is 39.7 Å². The molecular weight excluding hydrogens is 352 g/mol. The summed E-state index contributed by atoms with van der Waals surface area (Å²) in [5.41, 5.74) is 4.79. The third kappa shape index (κ3) is 3.58. The predicted octanol–water partition coefficient (Wildman–Crippen LogP) is 4.20. The van der Waals surface area contributed by atoms with Gasteiger partial charge < -0.3 is 4.74 Å². The van der Waals surface area contributed by atoms with Crippen molar-refractivity contribution in [2.24, 2.45) is 5.84 Å². The summed E-state index contributed by atoms with van der Waals surface area (Å²) in [7, 11) is 0. The minimum absolute atomic E-state index is 0.183. The number of nitrogens with one attached hydrogen (secondary N) is 1. The number of ether oxygens (including phenoxy) is 1. The van der Waals surface area contributed by atoms with E-state index in [4.69, 9.17) is 22.2 Å². The molecule has 2 aromatic carbocycles. The summed E-state index contributed by atoms with van der Waals surface area (Å²) in [6.07, 6.45) is 2.65. The van der Waals surface area contributed by atoms with Gasteiger partial charge in [0.15, 0.2) is 0 Å². The van der Waals surface area contributed by atoms with Gasteiger partial charge in [-0.15, -0.1) is 0 Å². The summed E-state index contributed by atoms with van der Waals surface area (Å²) in [6.45, 7) is 0. The molecule has 0 spiro atoms. The zero-order valence-corrected chi connectivity index (χ0v) is 13.7. The molecule has 0 bridgehead atoms. The lowest BCUT2D eigenvalue weighted by Gasteiger charge is -2.19. The molecule has 0 aliphatic heterocycles. The number of benzene rings is 2. The van der Waals surface area contributed by atoms with Crippen molar-refractivity contribution in [3.63, 3.8) is 0 Å². The minimum atomic E-state index is -0.183. The van der Waals surface area contributed by atoms with Crippen LogP contribution in [0.2, 0.25) is 5.02 Å². The van der Waals surface area contributed by atoms with Crippen LogP contribution in [0.5, 0.6) is 5.75 Å². The molecule has 1 fully saturated rings. The number of nitrogens with two attached hydrogens (primary N) is 1. The average Bonchev–Trinajstić information content (AvgIpc) is 3.28. The van der Waals surface area contributed by atoms with E-state index in [1.807, 2.05) is 42.5 Å². The van der Waals surface area contributed by atoms with E-state index in [1.54, 1.807) is 0 Å². The fraction of sp³-hybridized carbons (Fsp3) is 0.250. The quantitative estimate of drug-likeness (QED) is 0.615. The van der Waals surface area contributed by atoms with Gasteiger partial charge in [0.05, 0.1) is 12.1 Å². The molecule has 5 heteroatoms. The summed E-state index contributed by atoms with van der Waals surface area (Å²) in [5.74, 6) is 6.63. The SMILES string of the molecule is NNC(c1cccc(OC2CC2)c1)c1cc(Br)ccc1Cl. The van der Waals surface area contributed by atoms with Crippen molar-refractivity contribution in [1.82, 2.24) is 5.43 Å². The smallest absolute Gasteiger partial charge is 0.120 e. The van der Waals surface area contributed by atoms with E-state index >= 15 is 0 Å². The lowest BCUT2D eigenvalue weighted by atomic mass is 9.99. The second kappa shape index (κ2) is 6.36. The Hall–Kier alpha value is -1.07. The number of hydrogen-bond acceptors (Lipinski definition) is 3. The van der Waals surface area contributed by atoms with Gasteiger partial charge in [0.1, 0.15) is 5.75 Å². The molecule has 0 aromatic heterocycles. The highest BCUT2D eigenvalue weighted by molar-refractivity contribution is 9.10. The van der Waals surface area contributed by atoms with Gasteiger partial charge in [0.25, 0.3) is 0 Å². The summed E-state index contributed by atoms with van der Waals surface area (Å²) in [5, 5.41) is 0.676. The Bertz CT molecular complexity index is 646. The standard InChI is InChI=1S/C16H16BrClN2O/c17-11-4-7-15(18)14(9-11)16(20-19)10-2-1-3-13(8-10)21-12-5-6-12/h1-4,7-9,12,16,20H,5-6,19H2. The molecule has 2 aromatic rings. The van der Waals surface area contributed by atoms with Crippen LogP contribution in [0.4, 0.5) is 0 Å². The van der Waals surface area contributed by atoms with Gasteiger partial charge in [-0.05, 0) is 54.3 Å². The number of hydrogen-bond donors (Lipinski definition) is 2. The predicted molar refractivity (Wildman–Crippen MR) is 88.4 cm³/mol. The molecular formula is C16H16BrClN2O. The first-order valence-corrected chi connectivity index (χ1v) is 8.02. The maximum Gasteiger partial charge on any atom is 0.120 e. The van der Waals surface area contributed by atoms with Crippen molar-refractivity contribution in [3.8, 4) is 5.75 Å². The van der Waals surface area contributed by atoms with E-state index in [0.717, 1.165) is 34.2 Å². The van der Waals surface area contributed by atoms with Gasteiger partial charge in [-0.2, -0.15) is 0 Å². The Labute approximate surface area is 137 Å². The zero-order chi connectivity index (χ0) is 14.8. The summed E-state index contributed by atoms with van der Waals surface area (Å²) in [4.78, 5) is 0. The van der Waals surface area contributed by atoms with Crippen molar-refractivity contribution < 1.29 is 4.74 Å². The molecule has 1 saturated carbocycles. The van der Waals surface area contributed by atoms with Crippen LogP contribution in [-0.2, 0) is 0 Å². The van der Waals surface area contributed by atoms with Crippen molar-refractivity contribution in [1.29, 1.82) is 0 Å². The van der Waals surface area contributed by atoms with Crippen LogP contribution >= 0.6 is 27.5 Å². The van der Waals surface area contributed by atoms with Gasteiger partial charge >= 0.3 is 0 Å². The summed E-state index contributed by atoms with van der Waals surface area (Å²) >= 11 is 9.78. The van der Waals surface area contributed by atoms with Crippen LogP contribution < -0.4 is 16.0 Å². The van der Waals surface area contributed by atoms with E-state index in [2.05, 4.69) is 21.4 Å². The fourth-order valence-corrected chi connectivity index (χ4v) is 2.85. The maximum absolute atomic E-state index is 6.31. The van der Waals surface area contributed by atoms with Crippen LogP contribution in [0.25, 0.3) is 0 Å². The molecule has 1 unspecified atom stereocenters. The Morgan fingerprint density at radius 2 is 2.05 bits per heavy atom. The molecule has 110 valence electrons. The second-order valence-electron chi connectivity index (χ2n) is 5.16. The van der Waals surface area contributed by atoms with E-state index in [9.17, 15) is 0 Å². The Balaban J connectivity index is 1.93. The first-order chi connectivity index (χ1) is 10.2. The molecule has 0 heterocycles. The largest absolute Gasteiger partial charge is 0.490 e. The normalized spacial score (nSPS) is 15.8. The van der Waals surface area contributed by atoms with Crippen LogP contribution in [0.3, 0.4) is 0 Å². The molecule has 1 aliphatic rings. The van der Waals surface area contributed by atoms with Crippen molar-refractivity contribution in [2.45, 2.75) is 25.0 Å². The van der Waals surface area contributed by atoms with Gasteiger partial charge in [0, 0.05) is 9.50 Å². The van der Waals surface area contributed by atoms with E-state index in [-0.39, 0.29) is 6.04 Å². The maximum atomic E-state index is 6.31. The molecule has 1 atom stereocenters. The van der Waals surface area contributed by atoms with Crippen molar-refractivity contribution in [2.75, 3.05) is 0 Å². The highest BCUT2D eigenvalue weighted by atomic mass is 79.9. The first kappa shape index (κ1) is 14.9. The molecule has 1 aliphatic carbocycles. The van der Waals surface area contributed by atoms with Crippen LogP contribution in [0.1, 0.15) is 30.0 Å². The van der Waals surface area contributed by atoms with Gasteiger partial charge in [-0.3, -0.25) is 5.84 Å². The van der Waals surface area contributed by atoms with E-state index in [0.29, 0.717) is 11.1 Å². The molecule has 3 N–H and O–H groups in total. The molecule has 0 radical (unpaired) electrons. The first-order valence-electron chi connectivity index (χ1n) is 6.85.